The zero-order valence-electron chi connectivity index (χ0n) is 17.6. The fourth-order valence-corrected chi connectivity index (χ4v) is 4.02. The molecule has 3 aromatic rings. The summed E-state index contributed by atoms with van der Waals surface area (Å²) in [5.74, 6) is 0.978. The molecular formula is C26H28N2O3. The van der Waals surface area contributed by atoms with Gasteiger partial charge in [-0.15, -0.1) is 0 Å². The van der Waals surface area contributed by atoms with Gasteiger partial charge in [-0.05, 0) is 42.8 Å². The van der Waals surface area contributed by atoms with Crippen molar-refractivity contribution < 1.29 is 14.3 Å². The second-order valence-electron chi connectivity index (χ2n) is 7.92. The fourth-order valence-electron chi connectivity index (χ4n) is 4.02. The van der Waals surface area contributed by atoms with E-state index in [-0.39, 0.29) is 17.9 Å². The lowest BCUT2D eigenvalue weighted by molar-refractivity contribution is -0.132. The number of amides is 2. The quantitative estimate of drug-likeness (QED) is 0.580. The lowest BCUT2D eigenvalue weighted by Crippen LogP contribution is -2.46. The monoisotopic (exact) mass is 416 g/mol. The van der Waals surface area contributed by atoms with Gasteiger partial charge in [0.2, 0.25) is 5.91 Å². The maximum absolute atomic E-state index is 12.6. The molecule has 0 spiro atoms. The second-order valence-corrected chi connectivity index (χ2v) is 7.92. The fraction of sp³-hybridized carbons (Fsp3) is 0.308. The van der Waals surface area contributed by atoms with Crippen LogP contribution in [0.3, 0.4) is 0 Å². The lowest BCUT2D eigenvalue weighted by atomic mass is 10.0. The molecule has 4 rings (SSSR count). The standard InChI is InChI=1S/C26H28N2O3/c29-25(14-7-19-31-24-13-6-11-20-8-4-5-12-23(20)24)28-17-15-22(16-18-28)27-26(30)21-9-2-1-3-10-21/h1-6,8-13,22H,7,14-19H2,(H,27,30). The maximum Gasteiger partial charge on any atom is 0.251 e. The minimum atomic E-state index is -0.0454. The average molecular weight is 417 g/mol. The predicted molar refractivity (Wildman–Crippen MR) is 122 cm³/mol. The van der Waals surface area contributed by atoms with Crippen molar-refractivity contribution in [2.45, 2.75) is 31.7 Å². The van der Waals surface area contributed by atoms with Crippen molar-refractivity contribution in [2.24, 2.45) is 0 Å². The van der Waals surface area contributed by atoms with Gasteiger partial charge in [0.05, 0.1) is 6.61 Å². The van der Waals surface area contributed by atoms with Gasteiger partial charge in [-0.25, -0.2) is 0 Å². The Bertz CT molecular complexity index is 1020. The highest BCUT2D eigenvalue weighted by atomic mass is 16.5. The van der Waals surface area contributed by atoms with E-state index in [1.165, 1.54) is 0 Å². The molecule has 1 aliphatic heterocycles. The zero-order chi connectivity index (χ0) is 21.5. The highest BCUT2D eigenvalue weighted by Crippen LogP contribution is 2.25. The third-order valence-electron chi connectivity index (χ3n) is 5.76. The first kappa shape index (κ1) is 20.9. The van der Waals surface area contributed by atoms with E-state index in [1.807, 2.05) is 59.5 Å². The maximum atomic E-state index is 12.6. The van der Waals surface area contributed by atoms with E-state index < -0.39 is 0 Å². The van der Waals surface area contributed by atoms with Crippen molar-refractivity contribution in [1.82, 2.24) is 10.2 Å². The first-order valence-electron chi connectivity index (χ1n) is 10.9. The summed E-state index contributed by atoms with van der Waals surface area (Å²) in [7, 11) is 0. The number of hydrogen-bond donors (Lipinski definition) is 1. The summed E-state index contributed by atoms with van der Waals surface area (Å²) >= 11 is 0. The molecule has 0 aromatic heterocycles. The Kier molecular flexibility index (Phi) is 6.82. The SMILES string of the molecule is O=C(NC1CCN(C(=O)CCCOc2cccc3ccccc23)CC1)c1ccccc1. The molecule has 5 heteroatoms. The summed E-state index contributed by atoms with van der Waals surface area (Å²) in [4.78, 5) is 26.8. The number of benzene rings is 3. The van der Waals surface area contributed by atoms with Crippen LogP contribution in [0.1, 0.15) is 36.0 Å². The number of piperidine rings is 1. The summed E-state index contributed by atoms with van der Waals surface area (Å²) in [5, 5.41) is 5.33. The van der Waals surface area contributed by atoms with Crippen LogP contribution in [0.5, 0.6) is 5.75 Å². The summed E-state index contributed by atoms with van der Waals surface area (Å²) in [6.07, 6.45) is 2.74. The van der Waals surface area contributed by atoms with Gasteiger partial charge in [-0.3, -0.25) is 9.59 Å². The third kappa shape index (κ3) is 5.43. The van der Waals surface area contributed by atoms with Gasteiger partial charge in [-0.2, -0.15) is 0 Å². The molecule has 0 bridgehead atoms. The number of nitrogens with one attached hydrogen (secondary N) is 1. The normalized spacial score (nSPS) is 14.4. The van der Waals surface area contributed by atoms with Gasteiger partial charge in [0.15, 0.2) is 0 Å². The minimum absolute atomic E-state index is 0.0454. The van der Waals surface area contributed by atoms with E-state index in [0.29, 0.717) is 38.1 Å². The Hall–Kier alpha value is -3.34. The first-order chi connectivity index (χ1) is 15.2. The van der Waals surface area contributed by atoms with Crippen molar-refractivity contribution in [3.8, 4) is 5.75 Å². The van der Waals surface area contributed by atoms with Crippen LogP contribution in [-0.4, -0.2) is 42.5 Å². The molecular weight excluding hydrogens is 388 g/mol. The highest BCUT2D eigenvalue weighted by molar-refractivity contribution is 5.94. The zero-order valence-corrected chi connectivity index (χ0v) is 17.6. The molecule has 160 valence electrons. The molecule has 3 aromatic carbocycles. The van der Waals surface area contributed by atoms with Gasteiger partial charge >= 0.3 is 0 Å². The summed E-state index contributed by atoms with van der Waals surface area (Å²) in [6.45, 7) is 1.88. The van der Waals surface area contributed by atoms with Crippen LogP contribution in [-0.2, 0) is 4.79 Å². The number of nitrogens with zero attached hydrogens (tertiary/aromatic N) is 1. The van der Waals surface area contributed by atoms with E-state index in [4.69, 9.17) is 4.74 Å². The van der Waals surface area contributed by atoms with Gasteiger partial charge in [0, 0.05) is 36.5 Å². The molecule has 2 amide bonds. The Morgan fingerprint density at radius 2 is 1.61 bits per heavy atom. The first-order valence-corrected chi connectivity index (χ1v) is 10.9. The molecule has 1 aliphatic rings. The van der Waals surface area contributed by atoms with E-state index >= 15 is 0 Å². The molecule has 0 aliphatic carbocycles. The van der Waals surface area contributed by atoms with Crippen LogP contribution in [0, 0.1) is 0 Å². The number of fused-ring (bicyclic) bond motifs is 1. The van der Waals surface area contributed by atoms with Crippen LogP contribution in [0.15, 0.2) is 72.8 Å². The average Bonchev–Trinajstić information content (AvgIpc) is 2.83. The molecule has 1 heterocycles. The molecule has 5 nitrogen and oxygen atoms in total. The molecule has 0 atom stereocenters. The number of hydrogen-bond acceptors (Lipinski definition) is 3. The van der Waals surface area contributed by atoms with Crippen LogP contribution in [0.2, 0.25) is 0 Å². The van der Waals surface area contributed by atoms with Crippen LogP contribution in [0.25, 0.3) is 10.8 Å². The van der Waals surface area contributed by atoms with Gasteiger partial charge in [0.25, 0.3) is 5.91 Å². The van der Waals surface area contributed by atoms with Crippen molar-refractivity contribution in [2.75, 3.05) is 19.7 Å². The van der Waals surface area contributed by atoms with Crippen LogP contribution >= 0.6 is 0 Å². The summed E-state index contributed by atoms with van der Waals surface area (Å²) < 4.78 is 5.94. The smallest absolute Gasteiger partial charge is 0.251 e. The van der Waals surface area contributed by atoms with Gasteiger partial charge < -0.3 is 15.0 Å². The Morgan fingerprint density at radius 3 is 2.42 bits per heavy atom. The lowest BCUT2D eigenvalue weighted by Gasteiger charge is -2.32. The third-order valence-corrected chi connectivity index (χ3v) is 5.76. The second kappa shape index (κ2) is 10.1. The van der Waals surface area contributed by atoms with Crippen LogP contribution in [0.4, 0.5) is 0 Å². The summed E-state index contributed by atoms with van der Waals surface area (Å²) in [6, 6.07) is 23.5. The number of ether oxygens (including phenoxy) is 1. The Morgan fingerprint density at radius 1 is 0.903 bits per heavy atom. The van der Waals surface area contributed by atoms with E-state index in [0.717, 1.165) is 29.4 Å². The summed E-state index contributed by atoms with van der Waals surface area (Å²) in [5.41, 5.74) is 0.673. The van der Waals surface area contributed by atoms with E-state index in [2.05, 4.69) is 23.5 Å². The minimum Gasteiger partial charge on any atom is -0.493 e. The van der Waals surface area contributed by atoms with Crippen LogP contribution < -0.4 is 10.1 Å². The van der Waals surface area contributed by atoms with E-state index in [9.17, 15) is 9.59 Å². The number of rotatable bonds is 7. The number of carbonyl (C=O) groups excluding carboxylic acids is 2. The molecule has 1 fully saturated rings. The largest absolute Gasteiger partial charge is 0.493 e. The molecule has 0 saturated carbocycles. The molecule has 1 saturated heterocycles. The number of carbonyl (C=O) groups is 2. The number of likely N-dealkylation sites (tertiary alicyclic amines) is 1. The van der Waals surface area contributed by atoms with E-state index in [1.54, 1.807) is 0 Å². The molecule has 0 radical (unpaired) electrons. The van der Waals surface area contributed by atoms with Crippen molar-refractivity contribution in [3.05, 3.63) is 78.4 Å². The Balaban J connectivity index is 1.18. The predicted octanol–water partition coefficient (Wildman–Crippen LogP) is 4.42. The van der Waals surface area contributed by atoms with Crippen molar-refractivity contribution >= 4 is 22.6 Å². The van der Waals surface area contributed by atoms with Gasteiger partial charge in [0.1, 0.15) is 5.75 Å². The molecule has 1 N–H and O–H groups in total. The molecule has 31 heavy (non-hydrogen) atoms. The highest BCUT2D eigenvalue weighted by Gasteiger charge is 2.23. The topological polar surface area (TPSA) is 58.6 Å². The van der Waals surface area contributed by atoms with Crippen molar-refractivity contribution in [1.29, 1.82) is 0 Å². The Labute approximate surface area is 183 Å². The molecule has 0 unspecified atom stereocenters. The van der Waals surface area contributed by atoms with Crippen molar-refractivity contribution in [3.63, 3.8) is 0 Å². The van der Waals surface area contributed by atoms with Gasteiger partial charge in [-0.1, -0.05) is 54.6 Å².